The van der Waals surface area contributed by atoms with Crippen molar-refractivity contribution in [1.29, 1.82) is 0 Å². The molecule has 0 fully saturated rings. The summed E-state index contributed by atoms with van der Waals surface area (Å²) in [6, 6.07) is 16.3. The van der Waals surface area contributed by atoms with E-state index in [-0.39, 0.29) is 5.75 Å². The average molecular weight is 491 g/mol. The van der Waals surface area contributed by atoms with Gasteiger partial charge in [-0.1, -0.05) is 30.3 Å². The van der Waals surface area contributed by atoms with Gasteiger partial charge in [-0.3, -0.25) is 9.59 Å². The zero-order valence-corrected chi connectivity index (χ0v) is 16.9. The van der Waals surface area contributed by atoms with Crippen molar-refractivity contribution in [2.75, 3.05) is 5.32 Å². The Balaban J connectivity index is 1.62. The van der Waals surface area contributed by atoms with Gasteiger partial charge in [-0.25, -0.2) is 5.43 Å². The number of nitrogens with one attached hydrogen (secondary N) is 2. The van der Waals surface area contributed by atoms with Crippen LogP contribution < -0.4 is 10.7 Å². The van der Waals surface area contributed by atoms with Gasteiger partial charge >= 0.3 is 11.8 Å². The fourth-order valence-electron chi connectivity index (χ4n) is 2.33. The Kier molecular flexibility index (Phi) is 5.88. The first-order valence-corrected chi connectivity index (χ1v) is 9.34. The molecule has 3 N–H and O–H groups in total. The molecule has 0 heterocycles. The molecule has 3 aromatic rings. The Morgan fingerprint density at radius 2 is 1.59 bits per heavy atom. The number of hydrogen-bond donors (Lipinski definition) is 3. The van der Waals surface area contributed by atoms with E-state index in [0.29, 0.717) is 20.2 Å². The highest BCUT2D eigenvalue weighted by atomic mass is 79.9. The zero-order chi connectivity index (χ0) is 19.4. The number of carbonyl (C=O) groups is 2. The first-order valence-electron chi connectivity index (χ1n) is 7.75. The van der Waals surface area contributed by atoms with Gasteiger partial charge < -0.3 is 10.4 Å². The number of phenolic OH excluding ortho intramolecular Hbond substituents is 1. The lowest BCUT2D eigenvalue weighted by molar-refractivity contribution is -0.136. The van der Waals surface area contributed by atoms with Crippen molar-refractivity contribution in [2.45, 2.75) is 0 Å². The molecule has 0 radical (unpaired) electrons. The monoisotopic (exact) mass is 489 g/mol. The molecule has 8 heteroatoms. The lowest BCUT2D eigenvalue weighted by Gasteiger charge is -2.05. The summed E-state index contributed by atoms with van der Waals surface area (Å²) in [5.74, 6) is -1.65. The van der Waals surface area contributed by atoms with Gasteiger partial charge in [0, 0.05) is 5.69 Å². The molecule has 0 aromatic heterocycles. The molecular weight excluding hydrogens is 478 g/mol. The van der Waals surface area contributed by atoms with Crippen LogP contribution in [-0.4, -0.2) is 23.1 Å². The summed E-state index contributed by atoms with van der Waals surface area (Å²) in [5.41, 5.74) is 3.30. The molecule has 0 aliphatic heterocycles. The second-order valence-corrected chi connectivity index (χ2v) is 7.26. The van der Waals surface area contributed by atoms with Crippen molar-refractivity contribution in [3.05, 3.63) is 69.1 Å². The molecule has 0 spiro atoms. The number of aromatic hydroxyl groups is 1. The van der Waals surface area contributed by atoms with Crippen molar-refractivity contribution in [1.82, 2.24) is 5.43 Å². The molecule has 3 rings (SSSR count). The van der Waals surface area contributed by atoms with Crippen LogP contribution in [0.25, 0.3) is 10.8 Å². The van der Waals surface area contributed by atoms with Gasteiger partial charge in [0.25, 0.3) is 0 Å². The summed E-state index contributed by atoms with van der Waals surface area (Å²) >= 11 is 6.40. The molecule has 27 heavy (non-hydrogen) atoms. The van der Waals surface area contributed by atoms with Crippen LogP contribution in [0.15, 0.2) is 68.6 Å². The highest BCUT2D eigenvalue weighted by molar-refractivity contribution is 9.11. The van der Waals surface area contributed by atoms with E-state index in [2.05, 4.69) is 47.7 Å². The van der Waals surface area contributed by atoms with Gasteiger partial charge in [0.1, 0.15) is 5.75 Å². The fourth-order valence-corrected chi connectivity index (χ4v) is 3.55. The van der Waals surface area contributed by atoms with E-state index in [1.807, 2.05) is 30.3 Å². The number of halogens is 2. The molecule has 0 aliphatic carbocycles. The number of benzene rings is 3. The Bertz CT molecular complexity index is 1040. The summed E-state index contributed by atoms with van der Waals surface area (Å²) in [6.45, 7) is 0. The van der Waals surface area contributed by atoms with Crippen molar-refractivity contribution < 1.29 is 14.7 Å². The quantitative estimate of drug-likeness (QED) is 0.292. The van der Waals surface area contributed by atoms with Crippen LogP contribution in [0.1, 0.15) is 5.56 Å². The average Bonchev–Trinajstić information content (AvgIpc) is 2.65. The minimum atomic E-state index is -0.892. The topological polar surface area (TPSA) is 90.8 Å². The number of hydrogen-bond acceptors (Lipinski definition) is 4. The standard InChI is InChI=1S/C19H13Br2N3O3/c20-15-7-11(8-16(21)17(15)25)10-22-24-19(27)18(26)23-14-6-5-12-3-1-2-4-13(12)9-14/h1-10,25H,(H,23,26)(H,24,27)/b22-10+. The fraction of sp³-hybridized carbons (Fsp3) is 0. The smallest absolute Gasteiger partial charge is 0.329 e. The Labute approximate surface area is 171 Å². The van der Waals surface area contributed by atoms with Crippen LogP contribution in [0.3, 0.4) is 0 Å². The summed E-state index contributed by atoms with van der Waals surface area (Å²) in [5, 5.41) is 17.9. The summed E-state index contributed by atoms with van der Waals surface area (Å²) in [6.07, 6.45) is 1.36. The third kappa shape index (κ3) is 4.72. The van der Waals surface area contributed by atoms with E-state index in [4.69, 9.17) is 0 Å². The van der Waals surface area contributed by atoms with E-state index < -0.39 is 11.8 Å². The van der Waals surface area contributed by atoms with E-state index in [1.54, 1.807) is 24.3 Å². The van der Waals surface area contributed by atoms with Crippen LogP contribution in [0.4, 0.5) is 5.69 Å². The maximum absolute atomic E-state index is 12.0. The van der Waals surface area contributed by atoms with Gasteiger partial charge in [0.15, 0.2) is 0 Å². The Morgan fingerprint density at radius 3 is 2.30 bits per heavy atom. The number of hydrazone groups is 1. The molecule has 6 nitrogen and oxygen atoms in total. The number of rotatable bonds is 3. The van der Waals surface area contributed by atoms with Crippen LogP contribution in [0, 0.1) is 0 Å². The number of amides is 2. The third-order valence-electron chi connectivity index (χ3n) is 3.63. The summed E-state index contributed by atoms with van der Waals surface area (Å²) in [7, 11) is 0. The lowest BCUT2D eigenvalue weighted by atomic mass is 10.1. The van der Waals surface area contributed by atoms with Gasteiger partial charge in [-0.15, -0.1) is 0 Å². The molecular formula is C19H13Br2N3O3. The Hall–Kier alpha value is -2.71. The molecule has 0 saturated heterocycles. The molecule has 2 amide bonds. The maximum atomic E-state index is 12.0. The number of nitrogens with zero attached hydrogens (tertiary/aromatic N) is 1. The minimum absolute atomic E-state index is 0.0611. The number of anilines is 1. The minimum Gasteiger partial charge on any atom is -0.506 e. The van der Waals surface area contributed by atoms with E-state index in [1.165, 1.54) is 6.21 Å². The van der Waals surface area contributed by atoms with Crippen molar-refractivity contribution in [3.8, 4) is 5.75 Å². The van der Waals surface area contributed by atoms with Crippen molar-refractivity contribution in [3.63, 3.8) is 0 Å². The number of phenols is 1. The van der Waals surface area contributed by atoms with E-state index in [9.17, 15) is 14.7 Å². The van der Waals surface area contributed by atoms with Crippen LogP contribution in [0.5, 0.6) is 5.75 Å². The molecule has 0 saturated carbocycles. The van der Waals surface area contributed by atoms with Crippen LogP contribution in [0.2, 0.25) is 0 Å². The van der Waals surface area contributed by atoms with Gasteiger partial charge in [-0.2, -0.15) is 5.10 Å². The Morgan fingerprint density at radius 1 is 0.926 bits per heavy atom. The van der Waals surface area contributed by atoms with Crippen molar-refractivity contribution >= 4 is 66.3 Å². The van der Waals surface area contributed by atoms with Crippen LogP contribution in [-0.2, 0) is 9.59 Å². The lowest BCUT2D eigenvalue weighted by Crippen LogP contribution is -2.32. The number of fused-ring (bicyclic) bond motifs is 1. The van der Waals surface area contributed by atoms with Gasteiger partial charge in [0.05, 0.1) is 15.2 Å². The first-order chi connectivity index (χ1) is 12.9. The molecule has 136 valence electrons. The van der Waals surface area contributed by atoms with E-state index in [0.717, 1.165) is 10.8 Å². The third-order valence-corrected chi connectivity index (χ3v) is 4.84. The zero-order valence-electron chi connectivity index (χ0n) is 13.7. The maximum Gasteiger partial charge on any atom is 0.329 e. The van der Waals surface area contributed by atoms with Crippen molar-refractivity contribution in [2.24, 2.45) is 5.10 Å². The molecule has 0 bridgehead atoms. The largest absolute Gasteiger partial charge is 0.506 e. The SMILES string of the molecule is O=C(N/N=C/c1cc(Br)c(O)c(Br)c1)C(=O)Nc1ccc2ccccc2c1. The molecule has 3 aromatic carbocycles. The van der Waals surface area contributed by atoms with E-state index >= 15 is 0 Å². The highest BCUT2D eigenvalue weighted by Gasteiger charge is 2.13. The predicted molar refractivity (Wildman–Crippen MR) is 112 cm³/mol. The highest BCUT2D eigenvalue weighted by Crippen LogP contribution is 2.32. The molecule has 0 unspecified atom stereocenters. The second-order valence-electron chi connectivity index (χ2n) is 5.55. The first kappa shape index (κ1) is 19.1. The van der Waals surface area contributed by atoms with Crippen LogP contribution >= 0.6 is 31.9 Å². The summed E-state index contributed by atoms with van der Waals surface area (Å²) in [4.78, 5) is 23.9. The molecule has 0 atom stereocenters. The second kappa shape index (κ2) is 8.32. The summed E-state index contributed by atoms with van der Waals surface area (Å²) < 4.78 is 0.942. The normalized spacial score (nSPS) is 10.9. The molecule has 0 aliphatic rings. The predicted octanol–water partition coefficient (Wildman–Crippen LogP) is 4.16. The van der Waals surface area contributed by atoms with Gasteiger partial charge in [-0.05, 0) is 72.5 Å². The van der Waals surface area contributed by atoms with Gasteiger partial charge in [0.2, 0.25) is 0 Å². The number of carbonyl (C=O) groups excluding carboxylic acids is 2.